The Bertz CT molecular complexity index is 280. The predicted octanol–water partition coefficient (Wildman–Crippen LogP) is 0.142. The highest BCUT2D eigenvalue weighted by molar-refractivity contribution is 7.91. The molecule has 1 aliphatic heterocycles. The summed E-state index contributed by atoms with van der Waals surface area (Å²) < 4.78 is 22.1. The molecule has 0 aliphatic carbocycles. The summed E-state index contributed by atoms with van der Waals surface area (Å²) in [6.07, 6.45) is 0.263. The van der Waals surface area contributed by atoms with Crippen molar-refractivity contribution in [2.75, 3.05) is 11.5 Å². The molecular weight excluding hydrogens is 180 g/mol. The van der Waals surface area contributed by atoms with Crippen LogP contribution >= 0.6 is 0 Å². The first-order valence-corrected chi connectivity index (χ1v) is 5.68. The van der Waals surface area contributed by atoms with Crippen LogP contribution in [0.15, 0.2) is 0 Å². The second-order valence-corrected chi connectivity index (χ2v) is 5.55. The second kappa shape index (κ2) is 3.05. The fourth-order valence-corrected chi connectivity index (χ4v) is 3.37. The van der Waals surface area contributed by atoms with Crippen LogP contribution in [0.5, 0.6) is 0 Å². The highest BCUT2D eigenvalue weighted by Gasteiger charge is 2.34. The Kier molecular flexibility index (Phi) is 2.41. The van der Waals surface area contributed by atoms with E-state index in [1.54, 1.807) is 6.92 Å². The molecular formula is C7H12O4S. The average molecular weight is 192 g/mol. The van der Waals surface area contributed by atoms with E-state index in [1.807, 2.05) is 0 Å². The van der Waals surface area contributed by atoms with Gasteiger partial charge in [0.05, 0.1) is 17.4 Å². The standard InChI is InChI=1S/C7H12O4S/c1-5-4-12(10,11)3-2-6(5)7(8)9/h5-6H,2-4H2,1H3,(H,8,9). The second-order valence-electron chi connectivity index (χ2n) is 3.33. The lowest BCUT2D eigenvalue weighted by Gasteiger charge is -2.24. The molecule has 4 nitrogen and oxygen atoms in total. The number of hydrogen-bond donors (Lipinski definition) is 1. The highest BCUT2D eigenvalue weighted by Crippen LogP contribution is 2.24. The lowest BCUT2D eigenvalue weighted by atomic mass is 9.93. The van der Waals surface area contributed by atoms with Crippen LogP contribution in [0.2, 0.25) is 0 Å². The number of hydrogen-bond acceptors (Lipinski definition) is 3. The summed E-state index contributed by atoms with van der Waals surface area (Å²) in [6.45, 7) is 1.68. The summed E-state index contributed by atoms with van der Waals surface area (Å²) in [5, 5.41) is 8.68. The Balaban J connectivity index is 2.72. The lowest BCUT2D eigenvalue weighted by molar-refractivity contribution is -0.143. The summed E-state index contributed by atoms with van der Waals surface area (Å²) in [5.74, 6) is -1.56. The van der Waals surface area contributed by atoms with Crippen LogP contribution in [0, 0.1) is 11.8 Å². The van der Waals surface area contributed by atoms with Crippen LogP contribution in [0.25, 0.3) is 0 Å². The molecule has 1 N–H and O–H groups in total. The Morgan fingerprint density at radius 2 is 2.08 bits per heavy atom. The summed E-state index contributed by atoms with van der Waals surface area (Å²) in [5.41, 5.74) is 0. The van der Waals surface area contributed by atoms with Crippen molar-refractivity contribution in [3.8, 4) is 0 Å². The first kappa shape index (κ1) is 9.51. The molecule has 5 heteroatoms. The smallest absolute Gasteiger partial charge is 0.306 e. The molecule has 0 radical (unpaired) electrons. The van der Waals surface area contributed by atoms with Crippen molar-refractivity contribution in [1.82, 2.24) is 0 Å². The van der Waals surface area contributed by atoms with E-state index in [-0.39, 0.29) is 23.8 Å². The van der Waals surface area contributed by atoms with Crippen molar-refractivity contribution < 1.29 is 18.3 Å². The van der Waals surface area contributed by atoms with Gasteiger partial charge in [0, 0.05) is 0 Å². The minimum atomic E-state index is -2.96. The first-order chi connectivity index (χ1) is 5.42. The molecule has 0 saturated carbocycles. The van der Waals surface area contributed by atoms with Gasteiger partial charge in [0.25, 0.3) is 0 Å². The van der Waals surface area contributed by atoms with Crippen molar-refractivity contribution in [3.05, 3.63) is 0 Å². The SMILES string of the molecule is CC1CS(=O)(=O)CCC1C(=O)O. The highest BCUT2D eigenvalue weighted by atomic mass is 32.2. The molecule has 1 aliphatic rings. The van der Waals surface area contributed by atoms with Crippen LogP contribution in [0.4, 0.5) is 0 Å². The van der Waals surface area contributed by atoms with Crippen LogP contribution in [0.1, 0.15) is 13.3 Å². The summed E-state index contributed by atoms with van der Waals surface area (Å²) in [7, 11) is -2.96. The van der Waals surface area contributed by atoms with E-state index in [4.69, 9.17) is 5.11 Å². The molecule has 1 saturated heterocycles. The quantitative estimate of drug-likeness (QED) is 0.641. The van der Waals surface area contributed by atoms with Gasteiger partial charge in [-0.1, -0.05) is 6.92 Å². The Labute approximate surface area is 71.5 Å². The van der Waals surface area contributed by atoms with E-state index >= 15 is 0 Å². The van der Waals surface area contributed by atoms with Gasteiger partial charge in [-0.25, -0.2) is 8.42 Å². The van der Waals surface area contributed by atoms with Gasteiger partial charge >= 0.3 is 5.97 Å². The maximum atomic E-state index is 11.0. The van der Waals surface area contributed by atoms with Crippen LogP contribution in [0.3, 0.4) is 0 Å². The van der Waals surface area contributed by atoms with Gasteiger partial charge in [-0.05, 0) is 12.3 Å². The summed E-state index contributed by atoms with van der Waals surface area (Å²) in [4.78, 5) is 10.6. The van der Waals surface area contributed by atoms with Gasteiger partial charge in [-0.3, -0.25) is 4.79 Å². The number of carboxylic acid groups (broad SMARTS) is 1. The largest absolute Gasteiger partial charge is 0.481 e. The van der Waals surface area contributed by atoms with Gasteiger partial charge in [-0.15, -0.1) is 0 Å². The van der Waals surface area contributed by atoms with Gasteiger partial charge in [0.15, 0.2) is 9.84 Å². The zero-order valence-corrected chi connectivity index (χ0v) is 7.67. The molecule has 0 aromatic heterocycles. The Morgan fingerprint density at radius 1 is 1.50 bits per heavy atom. The van der Waals surface area contributed by atoms with Gasteiger partial charge in [-0.2, -0.15) is 0 Å². The fourth-order valence-electron chi connectivity index (χ4n) is 1.56. The van der Waals surface area contributed by atoms with E-state index in [0.29, 0.717) is 0 Å². The number of carboxylic acids is 1. The maximum absolute atomic E-state index is 11.0. The van der Waals surface area contributed by atoms with Crippen molar-refractivity contribution in [3.63, 3.8) is 0 Å². The molecule has 2 atom stereocenters. The molecule has 0 spiro atoms. The number of sulfone groups is 1. The molecule has 0 aromatic rings. The normalized spacial score (nSPS) is 34.4. The molecule has 0 aromatic carbocycles. The predicted molar refractivity (Wildman–Crippen MR) is 43.6 cm³/mol. The van der Waals surface area contributed by atoms with E-state index < -0.39 is 21.7 Å². The van der Waals surface area contributed by atoms with Gasteiger partial charge in [0.2, 0.25) is 0 Å². The molecule has 0 bridgehead atoms. The minimum absolute atomic E-state index is 0.0178. The Hall–Kier alpha value is -0.580. The zero-order chi connectivity index (χ0) is 9.35. The van der Waals surface area contributed by atoms with E-state index in [0.717, 1.165) is 0 Å². The van der Waals surface area contributed by atoms with Crippen LogP contribution in [-0.2, 0) is 14.6 Å². The van der Waals surface area contributed by atoms with Crippen LogP contribution in [-0.4, -0.2) is 31.0 Å². The lowest BCUT2D eigenvalue weighted by Crippen LogP contribution is -2.35. The van der Waals surface area contributed by atoms with Gasteiger partial charge in [0.1, 0.15) is 0 Å². The van der Waals surface area contributed by atoms with Gasteiger partial charge < -0.3 is 5.11 Å². The molecule has 12 heavy (non-hydrogen) atoms. The molecule has 1 rings (SSSR count). The first-order valence-electron chi connectivity index (χ1n) is 3.85. The van der Waals surface area contributed by atoms with E-state index in [1.165, 1.54) is 0 Å². The van der Waals surface area contributed by atoms with Crippen molar-refractivity contribution in [2.24, 2.45) is 11.8 Å². The topological polar surface area (TPSA) is 71.4 Å². The number of rotatable bonds is 1. The third-order valence-electron chi connectivity index (χ3n) is 2.26. The molecule has 70 valence electrons. The summed E-state index contributed by atoms with van der Waals surface area (Å²) in [6, 6.07) is 0. The van der Waals surface area contributed by atoms with Crippen molar-refractivity contribution in [2.45, 2.75) is 13.3 Å². The third-order valence-corrected chi connectivity index (χ3v) is 4.15. The van der Waals surface area contributed by atoms with Crippen LogP contribution < -0.4 is 0 Å². The molecule has 0 amide bonds. The van der Waals surface area contributed by atoms with Crippen molar-refractivity contribution >= 4 is 15.8 Å². The van der Waals surface area contributed by atoms with E-state index in [2.05, 4.69) is 0 Å². The number of carbonyl (C=O) groups is 1. The number of aliphatic carboxylic acids is 1. The third kappa shape index (κ3) is 1.97. The average Bonchev–Trinajstić information content (AvgIpc) is 1.83. The maximum Gasteiger partial charge on any atom is 0.306 e. The fraction of sp³-hybridized carbons (Fsp3) is 0.857. The zero-order valence-electron chi connectivity index (χ0n) is 6.86. The van der Waals surface area contributed by atoms with E-state index in [9.17, 15) is 13.2 Å². The molecule has 1 fully saturated rings. The molecule has 2 unspecified atom stereocenters. The molecule has 1 heterocycles. The monoisotopic (exact) mass is 192 g/mol. The summed E-state index contributed by atoms with van der Waals surface area (Å²) >= 11 is 0. The van der Waals surface area contributed by atoms with Crippen molar-refractivity contribution in [1.29, 1.82) is 0 Å². The minimum Gasteiger partial charge on any atom is -0.481 e. The Morgan fingerprint density at radius 3 is 2.50 bits per heavy atom.